The minimum Gasteiger partial charge on any atom is -0.465 e. The molecule has 6 heteroatoms. The molecule has 0 N–H and O–H groups in total. The smallest absolute Gasteiger partial charge is 0.307 e. The summed E-state index contributed by atoms with van der Waals surface area (Å²) in [5.41, 5.74) is 0.201. The van der Waals surface area contributed by atoms with Crippen LogP contribution in [0.1, 0.15) is 92.9 Å². The van der Waals surface area contributed by atoms with E-state index in [1.165, 1.54) is 0 Å². The van der Waals surface area contributed by atoms with Crippen molar-refractivity contribution in [1.29, 1.82) is 0 Å². The molecule has 0 amide bonds. The molecule has 0 aromatic heterocycles. The number of hydrogen-bond donors (Lipinski definition) is 0. The van der Waals surface area contributed by atoms with Crippen molar-refractivity contribution >= 4 is 11.9 Å². The number of hydrogen-bond acceptors (Lipinski definition) is 6. The second kappa shape index (κ2) is 14.3. The van der Waals surface area contributed by atoms with E-state index in [2.05, 4.69) is 65.4 Å². The maximum absolute atomic E-state index is 12.4. The molecule has 0 aromatic rings. The standard InChI is InChI=1S/C27H52N2O4/c1-26(2,3)16-14-24(30)32-20-22-10-12-23(13-11-22)21-33-25(31)15-19-29(27(4,5)6)18-9-17-28(7)8/h22-23H,9-21H2,1-8H3. The maximum atomic E-state index is 12.4. The van der Waals surface area contributed by atoms with Crippen LogP contribution in [0.5, 0.6) is 0 Å². The van der Waals surface area contributed by atoms with Crippen LogP contribution in [0.3, 0.4) is 0 Å². The van der Waals surface area contributed by atoms with Crippen LogP contribution in [0.2, 0.25) is 0 Å². The Morgan fingerprint density at radius 1 is 0.758 bits per heavy atom. The number of ether oxygens (including phenoxy) is 2. The van der Waals surface area contributed by atoms with E-state index in [0.29, 0.717) is 37.9 Å². The molecule has 0 spiro atoms. The van der Waals surface area contributed by atoms with Crippen LogP contribution in [0, 0.1) is 17.3 Å². The van der Waals surface area contributed by atoms with Crippen LogP contribution in [0.4, 0.5) is 0 Å². The van der Waals surface area contributed by atoms with E-state index in [-0.39, 0.29) is 22.9 Å². The highest BCUT2D eigenvalue weighted by Crippen LogP contribution is 2.29. The summed E-state index contributed by atoms with van der Waals surface area (Å²) in [7, 11) is 4.18. The Morgan fingerprint density at radius 2 is 1.24 bits per heavy atom. The molecule has 1 aliphatic rings. The van der Waals surface area contributed by atoms with Gasteiger partial charge in [0.2, 0.25) is 0 Å². The Kier molecular flexibility index (Phi) is 13.0. The van der Waals surface area contributed by atoms with Gasteiger partial charge in [-0.1, -0.05) is 20.8 Å². The third-order valence-electron chi connectivity index (χ3n) is 6.57. The summed E-state index contributed by atoms with van der Waals surface area (Å²) in [6.07, 6.45) is 7.04. The zero-order chi connectivity index (χ0) is 25.1. The molecule has 6 nitrogen and oxygen atoms in total. The molecule has 1 rings (SSSR count). The summed E-state index contributed by atoms with van der Waals surface area (Å²) in [6.45, 7) is 16.9. The Hall–Kier alpha value is -1.14. The van der Waals surface area contributed by atoms with Gasteiger partial charge in [-0.15, -0.1) is 0 Å². The first kappa shape index (κ1) is 29.9. The highest BCUT2D eigenvalue weighted by Gasteiger charge is 2.25. The number of rotatable bonds is 13. The molecule has 1 aliphatic carbocycles. The average Bonchev–Trinajstić information content (AvgIpc) is 2.70. The van der Waals surface area contributed by atoms with Crippen molar-refractivity contribution in [3.05, 3.63) is 0 Å². The predicted molar refractivity (Wildman–Crippen MR) is 135 cm³/mol. The van der Waals surface area contributed by atoms with Gasteiger partial charge in [-0.05, 0) is 104 Å². The van der Waals surface area contributed by atoms with Crippen LogP contribution >= 0.6 is 0 Å². The van der Waals surface area contributed by atoms with Crippen molar-refractivity contribution in [2.24, 2.45) is 17.3 Å². The van der Waals surface area contributed by atoms with E-state index in [9.17, 15) is 9.59 Å². The fourth-order valence-electron chi connectivity index (χ4n) is 4.19. The van der Waals surface area contributed by atoms with Gasteiger partial charge < -0.3 is 14.4 Å². The number of carbonyl (C=O) groups is 2. The van der Waals surface area contributed by atoms with Crippen LogP contribution in [-0.4, -0.2) is 74.2 Å². The Bertz CT molecular complexity index is 570. The van der Waals surface area contributed by atoms with Gasteiger partial charge in [0.15, 0.2) is 0 Å². The first-order valence-corrected chi connectivity index (χ1v) is 13.0. The van der Waals surface area contributed by atoms with Crippen LogP contribution in [0.25, 0.3) is 0 Å². The van der Waals surface area contributed by atoms with Crippen molar-refractivity contribution in [2.45, 2.75) is 98.4 Å². The van der Waals surface area contributed by atoms with Gasteiger partial charge in [0.1, 0.15) is 0 Å². The molecule has 0 aliphatic heterocycles. The van der Waals surface area contributed by atoms with Crippen molar-refractivity contribution in [3.63, 3.8) is 0 Å². The molecular weight excluding hydrogens is 416 g/mol. The maximum Gasteiger partial charge on any atom is 0.307 e. The molecule has 0 aromatic carbocycles. The Labute approximate surface area is 203 Å². The fourth-order valence-corrected chi connectivity index (χ4v) is 4.19. The summed E-state index contributed by atoms with van der Waals surface area (Å²) in [5.74, 6) is 0.706. The molecule has 1 fully saturated rings. The molecule has 194 valence electrons. The van der Waals surface area contributed by atoms with Gasteiger partial charge in [-0.25, -0.2) is 0 Å². The van der Waals surface area contributed by atoms with E-state index < -0.39 is 0 Å². The highest BCUT2D eigenvalue weighted by molar-refractivity contribution is 5.69. The summed E-state index contributed by atoms with van der Waals surface area (Å²) in [5, 5.41) is 0. The first-order valence-electron chi connectivity index (χ1n) is 13.0. The monoisotopic (exact) mass is 468 g/mol. The van der Waals surface area contributed by atoms with Gasteiger partial charge in [-0.2, -0.15) is 0 Å². The van der Waals surface area contributed by atoms with E-state index in [1.807, 2.05) is 0 Å². The van der Waals surface area contributed by atoms with Crippen LogP contribution in [0.15, 0.2) is 0 Å². The van der Waals surface area contributed by atoms with Crippen molar-refractivity contribution in [1.82, 2.24) is 9.80 Å². The van der Waals surface area contributed by atoms with Crippen molar-refractivity contribution in [3.8, 4) is 0 Å². The SMILES string of the molecule is CN(C)CCCN(CCC(=O)OCC1CCC(COC(=O)CCC(C)(C)C)CC1)C(C)(C)C. The quantitative estimate of drug-likeness (QED) is 0.349. The normalized spacial score (nSPS) is 19.7. The summed E-state index contributed by atoms with van der Waals surface area (Å²) in [4.78, 5) is 28.9. The minimum atomic E-state index is -0.0910. The van der Waals surface area contributed by atoms with E-state index in [0.717, 1.165) is 58.2 Å². The third kappa shape index (κ3) is 14.7. The summed E-state index contributed by atoms with van der Waals surface area (Å²) >= 11 is 0. The molecule has 0 radical (unpaired) electrons. The Balaban J connectivity index is 2.23. The zero-order valence-corrected chi connectivity index (χ0v) is 22.9. The van der Waals surface area contributed by atoms with E-state index >= 15 is 0 Å². The number of nitrogens with zero attached hydrogens (tertiary/aromatic N) is 2. The average molecular weight is 469 g/mol. The zero-order valence-electron chi connectivity index (χ0n) is 22.9. The van der Waals surface area contributed by atoms with Gasteiger partial charge >= 0.3 is 11.9 Å². The Morgan fingerprint density at radius 3 is 1.67 bits per heavy atom. The first-order chi connectivity index (χ1) is 15.3. The molecule has 1 saturated carbocycles. The highest BCUT2D eigenvalue weighted by atomic mass is 16.5. The molecule has 33 heavy (non-hydrogen) atoms. The molecule has 0 unspecified atom stereocenters. The number of esters is 2. The van der Waals surface area contributed by atoms with Crippen LogP contribution < -0.4 is 0 Å². The molecule has 0 saturated heterocycles. The summed E-state index contributed by atoms with van der Waals surface area (Å²) in [6, 6.07) is 0. The van der Waals surface area contributed by atoms with Crippen molar-refractivity contribution in [2.75, 3.05) is 46.9 Å². The lowest BCUT2D eigenvalue weighted by Gasteiger charge is -2.35. The van der Waals surface area contributed by atoms with Gasteiger partial charge in [0.05, 0.1) is 19.6 Å². The summed E-state index contributed by atoms with van der Waals surface area (Å²) < 4.78 is 11.1. The fraction of sp³-hybridized carbons (Fsp3) is 0.926. The second-order valence-corrected chi connectivity index (χ2v) is 12.4. The largest absolute Gasteiger partial charge is 0.465 e. The lowest BCUT2D eigenvalue weighted by Crippen LogP contribution is -2.43. The lowest BCUT2D eigenvalue weighted by molar-refractivity contribution is -0.148. The predicted octanol–water partition coefficient (Wildman–Crippen LogP) is 5.15. The van der Waals surface area contributed by atoms with Crippen molar-refractivity contribution < 1.29 is 19.1 Å². The van der Waals surface area contributed by atoms with E-state index in [4.69, 9.17) is 9.47 Å². The minimum absolute atomic E-state index is 0.0428. The van der Waals surface area contributed by atoms with Gasteiger partial charge in [0.25, 0.3) is 0 Å². The molecular formula is C27H52N2O4. The van der Waals surface area contributed by atoms with Crippen LogP contribution in [-0.2, 0) is 19.1 Å². The second-order valence-electron chi connectivity index (χ2n) is 12.4. The molecule has 0 heterocycles. The van der Waals surface area contributed by atoms with Gasteiger partial charge in [-0.3, -0.25) is 14.5 Å². The third-order valence-corrected chi connectivity index (χ3v) is 6.57. The molecule has 0 bridgehead atoms. The lowest BCUT2D eigenvalue weighted by atomic mass is 9.83. The molecule has 0 atom stereocenters. The van der Waals surface area contributed by atoms with E-state index in [1.54, 1.807) is 0 Å². The van der Waals surface area contributed by atoms with Gasteiger partial charge in [0, 0.05) is 18.5 Å². The topological polar surface area (TPSA) is 59.1 Å². The number of carbonyl (C=O) groups excluding carboxylic acids is 2.